The second-order valence-electron chi connectivity index (χ2n) is 7.19. The fourth-order valence-electron chi connectivity index (χ4n) is 3.73. The molecule has 1 atom stereocenters. The third kappa shape index (κ3) is 3.01. The quantitative estimate of drug-likeness (QED) is 0.898. The summed E-state index contributed by atoms with van der Waals surface area (Å²) >= 11 is 0. The van der Waals surface area contributed by atoms with Gasteiger partial charge in [0.2, 0.25) is 0 Å². The van der Waals surface area contributed by atoms with Crippen LogP contribution in [0.5, 0.6) is 11.5 Å². The molecule has 140 valence electrons. The van der Waals surface area contributed by atoms with E-state index in [0.29, 0.717) is 31.1 Å². The van der Waals surface area contributed by atoms with Crippen molar-refractivity contribution in [3.63, 3.8) is 0 Å². The van der Waals surface area contributed by atoms with Crippen LogP contribution >= 0.6 is 0 Å². The minimum Gasteiger partial charge on any atom is -0.486 e. The molecular weight excluding hydrogens is 346 g/mol. The minimum atomic E-state index is -0.974. The van der Waals surface area contributed by atoms with E-state index in [1.807, 2.05) is 50.2 Å². The molecule has 2 aliphatic heterocycles. The summed E-state index contributed by atoms with van der Waals surface area (Å²) in [5.74, 6) is 0.0364. The average Bonchev–Trinajstić information content (AvgIpc) is 2.96. The summed E-state index contributed by atoms with van der Waals surface area (Å²) in [6, 6.07) is 10.6. The van der Waals surface area contributed by atoms with Gasteiger partial charge >= 0.3 is 5.97 Å². The molecule has 6 nitrogen and oxygen atoms in total. The Hall–Kier alpha value is -3.02. The fraction of sp³-hybridized carbons (Fsp3) is 0.333. The van der Waals surface area contributed by atoms with Crippen LogP contribution in [0.1, 0.15) is 29.8 Å². The van der Waals surface area contributed by atoms with Crippen molar-refractivity contribution in [1.82, 2.24) is 4.90 Å². The zero-order chi connectivity index (χ0) is 19.1. The van der Waals surface area contributed by atoms with E-state index in [2.05, 4.69) is 0 Å². The normalized spacial score (nSPS) is 16.4. The van der Waals surface area contributed by atoms with E-state index in [1.54, 1.807) is 0 Å². The Kier molecular flexibility index (Phi) is 4.26. The van der Waals surface area contributed by atoms with Crippen molar-refractivity contribution >= 4 is 11.9 Å². The lowest BCUT2D eigenvalue weighted by molar-refractivity contribution is -0.144. The Morgan fingerprint density at radius 2 is 1.70 bits per heavy atom. The number of ether oxygens (including phenoxy) is 2. The van der Waals surface area contributed by atoms with Crippen LogP contribution in [0.25, 0.3) is 11.1 Å². The lowest BCUT2D eigenvalue weighted by Crippen LogP contribution is -2.44. The first kappa shape index (κ1) is 17.4. The van der Waals surface area contributed by atoms with E-state index in [0.717, 1.165) is 22.4 Å². The van der Waals surface area contributed by atoms with E-state index in [-0.39, 0.29) is 11.8 Å². The number of nitrogens with zero attached hydrogens (tertiary/aromatic N) is 1. The molecule has 2 aromatic carbocycles. The lowest BCUT2D eigenvalue weighted by atomic mass is 10.00. The van der Waals surface area contributed by atoms with Crippen LogP contribution in [-0.4, -0.2) is 41.1 Å². The zero-order valence-electron chi connectivity index (χ0n) is 15.3. The van der Waals surface area contributed by atoms with E-state index < -0.39 is 12.0 Å². The molecule has 2 aromatic rings. The highest BCUT2D eigenvalue weighted by Crippen LogP contribution is 2.36. The molecule has 2 heterocycles. The van der Waals surface area contributed by atoms with Gasteiger partial charge in [0, 0.05) is 12.1 Å². The largest absolute Gasteiger partial charge is 0.486 e. The molecule has 0 bridgehead atoms. The third-order valence-corrected chi connectivity index (χ3v) is 5.04. The summed E-state index contributed by atoms with van der Waals surface area (Å²) in [7, 11) is 0. The average molecular weight is 367 g/mol. The molecular formula is C21H21NO5. The van der Waals surface area contributed by atoms with Crippen LogP contribution in [-0.2, 0) is 11.3 Å². The highest BCUT2D eigenvalue weighted by atomic mass is 16.6. The van der Waals surface area contributed by atoms with Crippen LogP contribution in [0.3, 0.4) is 0 Å². The van der Waals surface area contributed by atoms with Crippen molar-refractivity contribution in [3.05, 3.63) is 47.5 Å². The van der Waals surface area contributed by atoms with Crippen LogP contribution in [0.15, 0.2) is 36.4 Å². The molecule has 2 aliphatic rings. The fourth-order valence-corrected chi connectivity index (χ4v) is 3.73. The van der Waals surface area contributed by atoms with Crippen LogP contribution < -0.4 is 9.47 Å². The van der Waals surface area contributed by atoms with E-state index >= 15 is 0 Å². The first-order valence-electron chi connectivity index (χ1n) is 9.02. The van der Waals surface area contributed by atoms with Gasteiger partial charge in [0.15, 0.2) is 11.5 Å². The zero-order valence-corrected chi connectivity index (χ0v) is 15.3. The molecule has 1 amide bonds. The van der Waals surface area contributed by atoms with Crippen molar-refractivity contribution in [2.24, 2.45) is 5.92 Å². The minimum absolute atomic E-state index is 0.168. The maximum Gasteiger partial charge on any atom is 0.326 e. The SMILES string of the molecule is CC(C)[C@@H](C(=O)O)N1Cc2ccc(-c3ccc4c(c3)OCCO4)cc2C1=O. The second kappa shape index (κ2) is 6.61. The van der Waals surface area contributed by atoms with Crippen LogP contribution in [0.4, 0.5) is 0 Å². The predicted octanol–water partition coefficient (Wildman–Crippen LogP) is 3.19. The van der Waals surface area contributed by atoms with Gasteiger partial charge in [0.05, 0.1) is 0 Å². The Bertz CT molecular complexity index is 921. The first-order chi connectivity index (χ1) is 13.0. The van der Waals surface area contributed by atoms with Gasteiger partial charge in [-0.25, -0.2) is 4.79 Å². The van der Waals surface area contributed by atoms with Gasteiger partial charge in [-0.05, 0) is 40.8 Å². The highest BCUT2D eigenvalue weighted by molar-refractivity contribution is 6.01. The van der Waals surface area contributed by atoms with Gasteiger partial charge in [-0.2, -0.15) is 0 Å². The smallest absolute Gasteiger partial charge is 0.326 e. The Labute approximate surface area is 157 Å². The lowest BCUT2D eigenvalue weighted by Gasteiger charge is -2.27. The van der Waals surface area contributed by atoms with Gasteiger partial charge in [-0.1, -0.05) is 32.0 Å². The number of benzene rings is 2. The number of carboxylic acid groups (broad SMARTS) is 1. The topological polar surface area (TPSA) is 76.1 Å². The molecule has 0 saturated heterocycles. The van der Waals surface area contributed by atoms with Gasteiger partial charge in [-0.15, -0.1) is 0 Å². The van der Waals surface area contributed by atoms with E-state index in [4.69, 9.17) is 9.47 Å². The Balaban J connectivity index is 1.67. The molecule has 0 radical (unpaired) electrons. The molecule has 0 aromatic heterocycles. The second-order valence-corrected chi connectivity index (χ2v) is 7.19. The number of fused-ring (bicyclic) bond motifs is 2. The van der Waals surface area contributed by atoms with Gasteiger partial charge in [-0.3, -0.25) is 4.79 Å². The number of rotatable bonds is 4. The number of aliphatic carboxylic acids is 1. The Morgan fingerprint density at radius 1 is 1.04 bits per heavy atom. The Morgan fingerprint density at radius 3 is 2.41 bits per heavy atom. The number of amides is 1. The van der Waals surface area contributed by atoms with E-state index in [9.17, 15) is 14.7 Å². The summed E-state index contributed by atoms with van der Waals surface area (Å²) in [5.41, 5.74) is 3.23. The van der Waals surface area contributed by atoms with Gasteiger partial charge in [0.1, 0.15) is 19.3 Å². The van der Waals surface area contributed by atoms with Crippen molar-refractivity contribution in [2.45, 2.75) is 26.4 Å². The maximum atomic E-state index is 12.9. The van der Waals surface area contributed by atoms with Crippen molar-refractivity contribution in [2.75, 3.05) is 13.2 Å². The first-order valence-corrected chi connectivity index (χ1v) is 9.02. The standard InChI is InChI=1S/C21H21NO5/c1-12(2)19(21(24)25)22-11-15-4-3-13(9-16(15)20(22)23)14-5-6-17-18(10-14)27-8-7-26-17/h3-6,9-10,12,19H,7-8,11H2,1-2H3,(H,24,25)/t19-/m0/s1. The summed E-state index contributed by atoms with van der Waals surface area (Å²) in [5, 5.41) is 9.53. The monoisotopic (exact) mass is 367 g/mol. The predicted molar refractivity (Wildman–Crippen MR) is 99.0 cm³/mol. The molecule has 0 spiro atoms. The highest BCUT2D eigenvalue weighted by Gasteiger charge is 2.38. The molecule has 4 rings (SSSR count). The van der Waals surface area contributed by atoms with Crippen molar-refractivity contribution in [1.29, 1.82) is 0 Å². The molecule has 27 heavy (non-hydrogen) atoms. The summed E-state index contributed by atoms with van der Waals surface area (Å²) in [6.45, 7) is 5.01. The third-order valence-electron chi connectivity index (χ3n) is 5.04. The molecule has 6 heteroatoms. The summed E-state index contributed by atoms with van der Waals surface area (Å²) in [6.07, 6.45) is 0. The van der Waals surface area contributed by atoms with Gasteiger partial charge < -0.3 is 19.5 Å². The molecule has 0 aliphatic carbocycles. The number of carbonyl (C=O) groups is 2. The van der Waals surface area contributed by atoms with E-state index in [1.165, 1.54) is 4.90 Å². The number of hydrogen-bond acceptors (Lipinski definition) is 4. The number of carboxylic acids is 1. The van der Waals surface area contributed by atoms with Crippen LogP contribution in [0.2, 0.25) is 0 Å². The summed E-state index contributed by atoms with van der Waals surface area (Å²) < 4.78 is 11.2. The van der Waals surface area contributed by atoms with Crippen molar-refractivity contribution < 1.29 is 24.2 Å². The van der Waals surface area contributed by atoms with Gasteiger partial charge in [0.25, 0.3) is 5.91 Å². The molecule has 0 saturated carbocycles. The molecule has 0 fully saturated rings. The van der Waals surface area contributed by atoms with Crippen LogP contribution in [0, 0.1) is 5.92 Å². The van der Waals surface area contributed by atoms with Crippen molar-refractivity contribution in [3.8, 4) is 22.6 Å². The number of carbonyl (C=O) groups excluding carboxylic acids is 1. The number of hydrogen-bond donors (Lipinski definition) is 1. The molecule has 0 unspecified atom stereocenters. The summed E-state index contributed by atoms with van der Waals surface area (Å²) in [4.78, 5) is 26.0. The molecule has 1 N–H and O–H groups in total. The maximum absolute atomic E-state index is 12.9.